The summed E-state index contributed by atoms with van der Waals surface area (Å²) in [7, 11) is 0. The van der Waals surface area contributed by atoms with Gasteiger partial charge in [-0.05, 0) is 104 Å². The molecule has 0 fully saturated rings. The largest absolute Gasteiger partial charge is 0.456 e. The van der Waals surface area contributed by atoms with Crippen LogP contribution in [0, 0.1) is 0 Å². The van der Waals surface area contributed by atoms with Crippen LogP contribution in [0.3, 0.4) is 0 Å². The van der Waals surface area contributed by atoms with E-state index in [2.05, 4.69) is 200 Å². The first-order valence-electron chi connectivity index (χ1n) is 19.0. The number of ether oxygens (including phenoxy) is 1. The highest BCUT2D eigenvalue weighted by Crippen LogP contribution is 2.55. The summed E-state index contributed by atoms with van der Waals surface area (Å²) in [4.78, 5) is 5.30. The molecule has 3 nitrogen and oxygen atoms in total. The molecular weight excluding hydrogens is 669 g/mol. The minimum Gasteiger partial charge on any atom is -0.456 e. The molecular formula is C52H36N2O. The van der Waals surface area contributed by atoms with Crippen molar-refractivity contribution in [2.24, 2.45) is 0 Å². The van der Waals surface area contributed by atoms with Crippen molar-refractivity contribution in [3.63, 3.8) is 0 Å². The smallest absolute Gasteiger partial charge is 0.145 e. The predicted molar refractivity (Wildman–Crippen MR) is 226 cm³/mol. The summed E-state index contributed by atoms with van der Waals surface area (Å²) >= 11 is 0. The molecule has 2 heterocycles. The highest BCUT2D eigenvalue weighted by Gasteiger charge is 2.37. The minimum absolute atomic E-state index is 0.194. The molecule has 0 spiro atoms. The molecule has 0 saturated carbocycles. The first-order valence-corrected chi connectivity index (χ1v) is 19.0. The Bertz CT molecular complexity index is 2990. The molecule has 1 aliphatic carbocycles. The van der Waals surface area contributed by atoms with E-state index in [1.54, 1.807) is 0 Å². The molecule has 8 aromatic carbocycles. The van der Waals surface area contributed by atoms with Gasteiger partial charge in [-0.15, -0.1) is 0 Å². The van der Waals surface area contributed by atoms with E-state index in [1.807, 2.05) is 0 Å². The van der Waals surface area contributed by atoms with Crippen molar-refractivity contribution < 1.29 is 4.74 Å². The van der Waals surface area contributed by atoms with Crippen LogP contribution in [0.2, 0.25) is 0 Å². The van der Waals surface area contributed by atoms with Crippen LogP contribution in [0.25, 0.3) is 83.7 Å². The molecule has 0 atom stereocenters. The van der Waals surface area contributed by atoms with Crippen molar-refractivity contribution in [3.8, 4) is 84.2 Å². The molecule has 0 unspecified atom stereocenters. The summed E-state index contributed by atoms with van der Waals surface area (Å²) in [5, 5.41) is 0. The van der Waals surface area contributed by atoms with Crippen LogP contribution in [-0.4, -0.2) is 9.55 Å². The van der Waals surface area contributed by atoms with Gasteiger partial charge in [-0.3, -0.25) is 4.57 Å². The Kier molecular flexibility index (Phi) is 6.90. The molecule has 0 amide bonds. The molecule has 260 valence electrons. The van der Waals surface area contributed by atoms with E-state index in [0.717, 1.165) is 67.4 Å². The van der Waals surface area contributed by atoms with Gasteiger partial charge in [0.25, 0.3) is 0 Å². The van der Waals surface area contributed by atoms with E-state index in [9.17, 15) is 0 Å². The molecule has 9 aromatic rings. The summed E-state index contributed by atoms with van der Waals surface area (Å²) < 4.78 is 9.55. The van der Waals surface area contributed by atoms with E-state index < -0.39 is 0 Å². The molecule has 11 rings (SSSR count). The first-order chi connectivity index (χ1) is 27.0. The molecule has 0 bridgehead atoms. The number of fused-ring (bicyclic) bond motifs is 13. The third-order valence-electron chi connectivity index (χ3n) is 11.7. The minimum atomic E-state index is -0.194. The number of hydrogen-bond donors (Lipinski definition) is 0. The van der Waals surface area contributed by atoms with Crippen molar-refractivity contribution in [1.29, 1.82) is 0 Å². The van der Waals surface area contributed by atoms with Crippen molar-refractivity contribution >= 4 is 11.0 Å². The maximum Gasteiger partial charge on any atom is 0.145 e. The van der Waals surface area contributed by atoms with E-state index in [1.165, 1.54) is 38.9 Å². The van der Waals surface area contributed by atoms with Gasteiger partial charge in [-0.2, -0.15) is 0 Å². The zero-order chi connectivity index (χ0) is 36.7. The van der Waals surface area contributed by atoms with Gasteiger partial charge in [0.1, 0.15) is 17.3 Å². The van der Waals surface area contributed by atoms with Crippen molar-refractivity contribution in [2.75, 3.05) is 0 Å². The van der Waals surface area contributed by atoms with Gasteiger partial charge < -0.3 is 4.74 Å². The normalized spacial score (nSPS) is 13.2. The van der Waals surface area contributed by atoms with Crippen molar-refractivity contribution in [2.45, 2.75) is 19.3 Å². The number of para-hydroxylation sites is 4. The molecule has 0 N–H and O–H groups in total. The number of hydrogen-bond acceptors (Lipinski definition) is 2. The number of nitrogens with zero attached hydrogens (tertiary/aromatic N) is 2. The second-order valence-corrected chi connectivity index (χ2v) is 15.1. The van der Waals surface area contributed by atoms with Gasteiger partial charge in [0.05, 0.1) is 11.0 Å². The highest BCUT2D eigenvalue weighted by molar-refractivity contribution is 6.00. The van der Waals surface area contributed by atoms with Crippen LogP contribution in [0.15, 0.2) is 182 Å². The predicted octanol–water partition coefficient (Wildman–Crippen LogP) is 13.8. The third-order valence-corrected chi connectivity index (χ3v) is 11.7. The molecule has 2 aliphatic rings. The quantitative estimate of drug-likeness (QED) is 0.179. The van der Waals surface area contributed by atoms with Gasteiger partial charge in [0, 0.05) is 27.8 Å². The van der Waals surface area contributed by atoms with E-state index in [-0.39, 0.29) is 5.41 Å². The van der Waals surface area contributed by atoms with Gasteiger partial charge in [0.2, 0.25) is 0 Å². The SMILES string of the molecule is CC1(C)c2ccccc2-c2cc3c(cc21)Oc1ccccc1-c1ccccc1-c1ccccc1-c1ccc(-c2nc4ccccc4n2-c2ccccc2)cc1-3. The lowest BCUT2D eigenvalue weighted by Crippen LogP contribution is -2.15. The Morgan fingerprint density at radius 3 is 1.75 bits per heavy atom. The lowest BCUT2D eigenvalue weighted by Gasteiger charge is -2.24. The number of benzene rings is 8. The standard InChI is InChI=1S/C52H36N2O/c1-52(2)45-24-12-10-22-40(45)43-31-44-42-30-33(51-53-47-25-13-14-26-48(47)54(51)34-16-4-3-5-17-34)28-29-39(42)37-20-7-6-18-35(37)36-19-8-9-21-38(36)41-23-11-15-27-49(41)55-50(44)32-46(43)52/h3-32H,1-2H3. The topological polar surface area (TPSA) is 27.1 Å². The molecule has 1 aromatic heterocycles. The summed E-state index contributed by atoms with van der Waals surface area (Å²) in [6.45, 7) is 4.66. The molecule has 1 aliphatic heterocycles. The van der Waals surface area contributed by atoms with Crippen LogP contribution < -0.4 is 4.74 Å². The van der Waals surface area contributed by atoms with Crippen LogP contribution in [0.5, 0.6) is 11.5 Å². The van der Waals surface area contributed by atoms with Crippen molar-refractivity contribution in [3.05, 3.63) is 193 Å². The second-order valence-electron chi connectivity index (χ2n) is 15.1. The fourth-order valence-electron chi connectivity index (χ4n) is 9.02. The van der Waals surface area contributed by atoms with E-state index in [0.29, 0.717) is 0 Å². The van der Waals surface area contributed by atoms with Crippen LogP contribution >= 0.6 is 0 Å². The Hall–Kier alpha value is -6.97. The summed E-state index contributed by atoms with van der Waals surface area (Å²) in [5.74, 6) is 2.55. The Labute approximate surface area is 320 Å². The van der Waals surface area contributed by atoms with Gasteiger partial charge in [-0.25, -0.2) is 4.98 Å². The van der Waals surface area contributed by atoms with Crippen LogP contribution in [0.4, 0.5) is 0 Å². The Balaban J connectivity index is 1.27. The summed E-state index contributed by atoms with van der Waals surface area (Å²) in [5.41, 5.74) is 18.0. The fraction of sp³-hybridized carbons (Fsp3) is 0.0577. The summed E-state index contributed by atoms with van der Waals surface area (Å²) in [6, 6.07) is 65.3. The van der Waals surface area contributed by atoms with Crippen molar-refractivity contribution in [1.82, 2.24) is 9.55 Å². The number of aromatic nitrogens is 2. The van der Waals surface area contributed by atoms with Gasteiger partial charge >= 0.3 is 0 Å². The zero-order valence-corrected chi connectivity index (χ0v) is 30.6. The zero-order valence-electron chi connectivity index (χ0n) is 30.6. The monoisotopic (exact) mass is 704 g/mol. The first kappa shape index (κ1) is 31.5. The Morgan fingerprint density at radius 1 is 0.418 bits per heavy atom. The lowest BCUT2D eigenvalue weighted by atomic mass is 9.81. The molecule has 3 heteroatoms. The Morgan fingerprint density at radius 2 is 1.00 bits per heavy atom. The maximum atomic E-state index is 7.27. The molecule has 55 heavy (non-hydrogen) atoms. The van der Waals surface area contributed by atoms with Crippen LogP contribution in [0.1, 0.15) is 25.0 Å². The highest BCUT2D eigenvalue weighted by atomic mass is 16.5. The maximum absolute atomic E-state index is 7.27. The number of rotatable bonds is 2. The average molecular weight is 705 g/mol. The van der Waals surface area contributed by atoms with E-state index in [4.69, 9.17) is 9.72 Å². The van der Waals surface area contributed by atoms with Crippen LogP contribution in [-0.2, 0) is 5.41 Å². The average Bonchev–Trinajstić information content (AvgIpc) is 3.73. The van der Waals surface area contributed by atoms with Gasteiger partial charge in [-0.1, -0.05) is 147 Å². The fourth-order valence-corrected chi connectivity index (χ4v) is 9.02. The molecule has 0 radical (unpaired) electrons. The van der Waals surface area contributed by atoms with E-state index >= 15 is 0 Å². The second kappa shape index (κ2) is 12.0. The molecule has 0 saturated heterocycles. The number of imidazole rings is 1. The van der Waals surface area contributed by atoms with Gasteiger partial charge in [0.15, 0.2) is 0 Å². The summed E-state index contributed by atoms with van der Waals surface area (Å²) in [6.07, 6.45) is 0. The lowest BCUT2D eigenvalue weighted by molar-refractivity contribution is 0.484. The third kappa shape index (κ3) is 4.79.